The fourth-order valence-electron chi connectivity index (χ4n) is 5.40. The Balaban J connectivity index is 1.29. The van der Waals surface area contributed by atoms with Gasteiger partial charge in [0, 0.05) is 30.1 Å². The van der Waals surface area contributed by atoms with Gasteiger partial charge in [-0.25, -0.2) is 9.18 Å². The summed E-state index contributed by atoms with van der Waals surface area (Å²) < 4.78 is 19.0. The molecule has 2 aliphatic heterocycles. The van der Waals surface area contributed by atoms with Gasteiger partial charge in [-0.1, -0.05) is 18.6 Å². The first kappa shape index (κ1) is 21.1. The van der Waals surface area contributed by atoms with Crippen LogP contribution in [0.5, 0.6) is 0 Å². The lowest BCUT2D eigenvalue weighted by Crippen LogP contribution is -2.47. The standard InChI is InChI=1S/C26H29FN2O3/c1-32-25(31)20-7-5-18(6-8-20)16-28-13-11-26(12-14-28)17-29(24(30)19-3-2-4-19)23-10-9-21(27)15-22(23)26/h5-10,15,19H,2-4,11-14,16-17H2,1H3. The molecule has 0 radical (unpaired) electrons. The molecule has 0 aromatic heterocycles. The first-order chi connectivity index (χ1) is 15.5. The molecule has 0 unspecified atom stereocenters. The molecule has 1 saturated heterocycles. The fourth-order valence-corrected chi connectivity index (χ4v) is 5.40. The Bertz CT molecular complexity index is 1020. The van der Waals surface area contributed by atoms with E-state index in [1.54, 1.807) is 24.3 Å². The summed E-state index contributed by atoms with van der Waals surface area (Å²) in [6, 6.07) is 12.5. The molecule has 0 bridgehead atoms. The van der Waals surface area contributed by atoms with Gasteiger partial charge in [-0.2, -0.15) is 0 Å². The van der Waals surface area contributed by atoms with E-state index in [1.165, 1.54) is 13.2 Å². The molecule has 5 nitrogen and oxygen atoms in total. The van der Waals surface area contributed by atoms with Gasteiger partial charge >= 0.3 is 5.97 Å². The molecule has 1 spiro atoms. The average Bonchev–Trinajstić information content (AvgIpc) is 3.07. The number of carbonyl (C=O) groups is 2. The van der Waals surface area contributed by atoms with E-state index in [2.05, 4.69) is 4.90 Å². The normalized spacial score (nSPS) is 20.1. The van der Waals surface area contributed by atoms with Crippen LogP contribution in [0.1, 0.15) is 53.6 Å². The van der Waals surface area contributed by atoms with Crippen molar-refractivity contribution in [3.05, 3.63) is 65.0 Å². The van der Waals surface area contributed by atoms with Gasteiger partial charge in [0.25, 0.3) is 0 Å². The fraction of sp³-hybridized carbons (Fsp3) is 0.462. The quantitative estimate of drug-likeness (QED) is 0.671. The van der Waals surface area contributed by atoms with Crippen LogP contribution in [0, 0.1) is 11.7 Å². The van der Waals surface area contributed by atoms with Crippen LogP contribution < -0.4 is 4.90 Å². The zero-order valence-corrected chi connectivity index (χ0v) is 18.5. The van der Waals surface area contributed by atoms with Gasteiger partial charge in [0.2, 0.25) is 5.91 Å². The number of anilines is 1. The number of piperidine rings is 1. The largest absolute Gasteiger partial charge is 0.465 e. The van der Waals surface area contributed by atoms with E-state index in [-0.39, 0.29) is 29.0 Å². The van der Waals surface area contributed by atoms with Crippen LogP contribution in [0.2, 0.25) is 0 Å². The highest BCUT2D eigenvalue weighted by molar-refractivity contribution is 5.98. The van der Waals surface area contributed by atoms with Crippen molar-refractivity contribution in [3.63, 3.8) is 0 Å². The van der Waals surface area contributed by atoms with Crippen LogP contribution in [0.3, 0.4) is 0 Å². The second-order valence-corrected chi connectivity index (χ2v) is 9.46. The van der Waals surface area contributed by atoms with Crippen molar-refractivity contribution in [3.8, 4) is 0 Å². The first-order valence-electron chi connectivity index (χ1n) is 11.5. The molecule has 2 fully saturated rings. The number of nitrogens with zero attached hydrogens (tertiary/aromatic N) is 2. The second kappa shape index (κ2) is 8.32. The molecule has 1 amide bonds. The van der Waals surface area contributed by atoms with Crippen molar-refractivity contribution in [2.24, 2.45) is 5.92 Å². The number of ether oxygens (including phenoxy) is 1. The Labute approximate surface area is 188 Å². The summed E-state index contributed by atoms with van der Waals surface area (Å²) in [4.78, 5) is 29.1. The minimum absolute atomic E-state index is 0.135. The van der Waals surface area contributed by atoms with Crippen molar-refractivity contribution in [1.29, 1.82) is 0 Å². The van der Waals surface area contributed by atoms with Gasteiger partial charge in [-0.3, -0.25) is 9.69 Å². The molecule has 0 atom stereocenters. The Kier molecular flexibility index (Phi) is 5.49. The highest BCUT2D eigenvalue weighted by atomic mass is 19.1. The number of hydrogen-bond donors (Lipinski definition) is 0. The Morgan fingerprint density at radius 2 is 1.81 bits per heavy atom. The number of benzene rings is 2. The van der Waals surface area contributed by atoms with Crippen LogP contribution >= 0.6 is 0 Å². The zero-order valence-electron chi connectivity index (χ0n) is 18.5. The van der Waals surface area contributed by atoms with Crippen LogP contribution in [-0.4, -0.2) is 43.5 Å². The lowest BCUT2D eigenvalue weighted by molar-refractivity contribution is -0.124. The average molecular weight is 437 g/mol. The van der Waals surface area contributed by atoms with Crippen molar-refractivity contribution >= 4 is 17.6 Å². The minimum Gasteiger partial charge on any atom is -0.465 e. The number of fused-ring (bicyclic) bond motifs is 2. The number of hydrogen-bond acceptors (Lipinski definition) is 4. The predicted molar refractivity (Wildman–Crippen MR) is 120 cm³/mol. The van der Waals surface area contributed by atoms with Crippen LogP contribution in [-0.2, 0) is 21.5 Å². The maximum atomic E-state index is 14.2. The van der Waals surface area contributed by atoms with Gasteiger partial charge in [0.1, 0.15) is 5.82 Å². The van der Waals surface area contributed by atoms with Crippen LogP contribution in [0.15, 0.2) is 42.5 Å². The summed E-state index contributed by atoms with van der Waals surface area (Å²) in [5, 5.41) is 0. The molecule has 2 heterocycles. The third kappa shape index (κ3) is 3.71. The van der Waals surface area contributed by atoms with Gasteiger partial charge in [-0.15, -0.1) is 0 Å². The van der Waals surface area contributed by atoms with E-state index < -0.39 is 0 Å². The number of halogens is 1. The van der Waals surface area contributed by atoms with E-state index >= 15 is 0 Å². The predicted octanol–water partition coefficient (Wildman–Crippen LogP) is 4.29. The van der Waals surface area contributed by atoms with Gasteiger partial charge < -0.3 is 9.64 Å². The summed E-state index contributed by atoms with van der Waals surface area (Å²) >= 11 is 0. The summed E-state index contributed by atoms with van der Waals surface area (Å²) in [5.41, 5.74) is 3.45. The van der Waals surface area contributed by atoms with Gasteiger partial charge in [-0.05, 0) is 80.2 Å². The molecule has 1 aliphatic carbocycles. The Morgan fingerprint density at radius 3 is 2.44 bits per heavy atom. The molecule has 0 N–H and O–H groups in total. The lowest BCUT2D eigenvalue weighted by Gasteiger charge is -2.40. The highest BCUT2D eigenvalue weighted by Crippen LogP contribution is 2.48. The SMILES string of the molecule is COC(=O)c1ccc(CN2CCC3(CC2)CN(C(=O)C2CCC2)c2ccc(F)cc23)cc1. The van der Waals surface area contributed by atoms with Crippen LogP contribution in [0.25, 0.3) is 0 Å². The van der Waals surface area contributed by atoms with E-state index in [9.17, 15) is 14.0 Å². The smallest absolute Gasteiger partial charge is 0.337 e. The summed E-state index contributed by atoms with van der Waals surface area (Å²) in [5.74, 6) is -0.205. The molecule has 2 aromatic rings. The first-order valence-corrected chi connectivity index (χ1v) is 11.5. The maximum absolute atomic E-state index is 14.2. The number of esters is 1. The zero-order chi connectivity index (χ0) is 22.3. The summed E-state index contributed by atoms with van der Waals surface area (Å²) in [6.07, 6.45) is 4.88. The molecular formula is C26H29FN2O3. The number of carbonyl (C=O) groups excluding carboxylic acids is 2. The molecule has 168 valence electrons. The third-order valence-electron chi connectivity index (χ3n) is 7.60. The van der Waals surface area contributed by atoms with Crippen molar-refractivity contribution in [2.45, 2.75) is 44.1 Å². The number of rotatable bonds is 4. The van der Waals surface area contributed by atoms with Gasteiger partial charge in [0.15, 0.2) is 0 Å². The summed E-state index contributed by atoms with van der Waals surface area (Å²) in [7, 11) is 1.38. The second-order valence-electron chi connectivity index (χ2n) is 9.46. The number of amides is 1. The summed E-state index contributed by atoms with van der Waals surface area (Å²) in [6.45, 7) is 3.25. The minimum atomic E-state index is -0.329. The van der Waals surface area contributed by atoms with Crippen molar-refractivity contribution in [2.75, 3.05) is 31.6 Å². The highest BCUT2D eigenvalue weighted by Gasteiger charge is 2.47. The topological polar surface area (TPSA) is 49.9 Å². The number of likely N-dealkylation sites (tertiary alicyclic amines) is 1. The molecule has 2 aromatic carbocycles. The lowest BCUT2D eigenvalue weighted by atomic mass is 9.74. The van der Waals surface area contributed by atoms with Crippen LogP contribution in [0.4, 0.5) is 10.1 Å². The van der Waals surface area contributed by atoms with Crippen molar-refractivity contribution < 1.29 is 18.7 Å². The van der Waals surface area contributed by atoms with Gasteiger partial charge in [0.05, 0.1) is 12.7 Å². The third-order valence-corrected chi connectivity index (χ3v) is 7.60. The van der Waals surface area contributed by atoms with E-state index in [0.717, 1.165) is 68.6 Å². The van der Waals surface area contributed by atoms with E-state index in [1.807, 2.05) is 17.0 Å². The Hall–Kier alpha value is -2.73. The Morgan fingerprint density at radius 1 is 1.09 bits per heavy atom. The molecule has 5 rings (SSSR count). The molecule has 32 heavy (non-hydrogen) atoms. The van der Waals surface area contributed by atoms with E-state index in [4.69, 9.17) is 4.74 Å². The molecular weight excluding hydrogens is 407 g/mol. The van der Waals surface area contributed by atoms with Crippen molar-refractivity contribution in [1.82, 2.24) is 4.90 Å². The molecule has 6 heteroatoms. The van der Waals surface area contributed by atoms with E-state index in [0.29, 0.717) is 12.1 Å². The monoisotopic (exact) mass is 436 g/mol. The molecule has 3 aliphatic rings. The maximum Gasteiger partial charge on any atom is 0.337 e. The number of methoxy groups -OCH3 is 1. The molecule has 1 saturated carbocycles.